The monoisotopic (exact) mass is 368 g/mol. The minimum absolute atomic E-state index is 0. The van der Waals surface area contributed by atoms with E-state index in [-0.39, 0.29) is 110 Å². The SMILES string of the molecule is Cl.Cl.Cl.Cl.Cl.O.O.O.O.O.[Mo]. The fraction of sp³-hybridized carbons (Fsp3) is 0. The van der Waals surface area contributed by atoms with Crippen molar-refractivity contribution in [1.82, 2.24) is 0 Å². The molecule has 0 aromatic heterocycles. The molecule has 0 aromatic carbocycles. The van der Waals surface area contributed by atoms with Crippen LogP contribution in [0.5, 0.6) is 0 Å². The zero-order valence-electron chi connectivity index (χ0n) is 4.95. The van der Waals surface area contributed by atoms with Gasteiger partial charge in [-0.2, -0.15) is 0 Å². The van der Waals surface area contributed by atoms with Gasteiger partial charge in [-0.25, -0.2) is 0 Å². The van der Waals surface area contributed by atoms with Crippen molar-refractivity contribution >= 4 is 62.0 Å². The van der Waals surface area contributed by atoms with Crippen molar-refractivity contribution in [2.75, 3.05) is 0 Å². The topological polar surface area (TPSA) is 158 Å². The molecule has 0 saturated heterocycles. The Balaban J connectivity index is 0. The molecule has 0 unspecified atom stereocenters. The predicted molar refractivity (Wildman–Crippen MR) is 54.3 cm³/mol. The van der Waals surface area contributed by atoms with E-state index in [1.54, 1.807) is 0 Å². The molecule has 0 rings (SSSR count). The Bertz CT molecular complexity index is 14.8. The minimum Gasteiger partial charge on any atom is -0.412 e. The molecule has 11 heteroatoms. The van der Waals surface area contributed by atoms with Crippen molar-refractivity contribution in [2.45, 2.75) is 0 Å². The molecule has 11 heavy (non-hydrogen) atoms. The Kier molecular flexibility index (Phi) is 17000. The van der Waals surface area contributed by atoms with Gasteiger partial charge in [-0.3, -0.25) is 0 Å². The van der Waals surface area contributed by atoms with E-state index >= 15 is 0 Å². The fourth-order valence-electron chi connectivity index (χ4n) is 0. The predicted octanol–water partition coefficient (Wildman–Crippen LogP) is -2.02. The molecule has 0 fully saturated rings. The van der Waals surface area contributed by atoms with E-state index in [2.05, 4.69) is 0 Å². The summed E-state index contributed by atoms with van der Waals surface area (Å²) in [6, 6.07) is 0. The first-order chi connectivity index (χ1) is 0. The van der Waals surface area contributed by atoms with E-state index in [1.807, 2.05) is 0 Å². The van der Waals surface area contributed by atoms with Crippen LogP contribution in [0.1, 0.15) is 0 Å². The summed E-state index contributed by atoms with van der Waals surface area (Å²) >= 11 is 0. The van der Waals surface area contributed by atoms with Gasteiger partial charge in [0, 0.05) is 21.1 Å². The van der Waals surface area contributed by atoms with Crippen molar-refractivity contribution in [2.24, 2.45) is 0 Å². The largest absolute Gasteiger partial charge is 0.412 e. The van der Waals surface area contributed by atoms with Gasteiger partial charge >= 0.3 is 0 Å². The third kappa shape index (κ3) is 314. The zero-order valence-corrected chi connectivity index (χ0v) is 11.0. The van der Waals surface area contributed by atoms with Crippen LogP contribution in [-0.2, 0) is 21.1 Å². The summed E-state index contributed by atoms with van der Waals surface area (Å²) in [5.74, 6) is 0. The van der Waals surface area contributed by atoms with E-state index in [0.29, 0.717) is 0 Å². The quantitative estimate of drug-likeness (QED) is 0.433. The maximum absolute atomic E-state index is 0. The summed E-state index contributed by atoms with van der Waals surface area (Å²) in [5, 5.41) is 0. The second-order valence-corrected chi connectivity index (χ2v) is 0. The van der Waals surface area contributed by atoms with Crippen LogP contribution in [0.25, 0.3) is 0 Å². The molecular formula is H15Cl5MoO5. The molecule has 0 amide bonds. The second-order valence-electron chi connectivity index (χ2n) is 0. The van der Waals surface area contributed by atoms with Gasteiger partial charge in [0.15, 0.2) is 0 Å². The number of rotatable bonds is 0. The normalized spacial score (nSPS) is 0. The van der Waals surface area contributed by atoms with Crippen LogP contribution in [0.2, 0.25) is 0 Å². The molecular weight excluding hydrogens is 353 g/mol. The fourth-order valence-corrected chi connectivity index (χ4v) is 0. The minimum atomic E-state index is 0. The van der Waals surface area contributed by atoms with E-state index in [4.69, 9.17) is 0 Å². The summed E-state index contributed by atoms with van der Waals surface area (Å²) in [6.07, 6.45) is 0. The van der Waals surface area contributed by atoms with Crippen LogP contribution in [0.4, 0.5) is 0 Å². The zero-order chi connectivity index (χ0) is 0. The van der Waals surface area contributed by atoms with Crippen molar-refractivity contribution in [3.63, 3.8) is 0 Å². The average molecular weight is 368 g/mol. The smallest absolute Gasteiger partial charge is 0 e. The summed E-state index contributed by atoms with van der Waals surface area (Å²) in [5.41, 5.74) is 0. The Morgan fingerprint density at radius 3 is 0.273 bits per heavy atom. The molecule has 0 bridgehead atoms. The van der Waals surface area contributed by atoms with E-state index < -0.39 is 0 Å². The molecule has 0 atom stereocenters. The Labute approximate surface area is 110 Å². The van der Waals surface area contributed by atoms with E-state index in [1.165, 1.54) is 0 Å². The van der Waals surface area contributed by atoms with Gasteiger partial charge in [0.25, 0.3) is 0 Å². The molecule has 0 aliphatic rings. The summed E-state index contributed by atoms with van der Waals surface area (Å²) in [7, 11) is 0. The summed E-state index contributed by atoms with van der Waals surface area (Å²) in [4.78, 5) is 0. The molecule has 0 radical (unpaired) electrons. The van der Waals surface area contributed by atoms with Crippen molar-refractivity contribution in [1.29, 1.82) is 0 Å². The first-order valence-corrected chi connectivity index (χ1v) is 0. The molecule has 10 N–H and O–H groups in total. The van der Waals surface area contributed by atoms with Gasteiger partial charge in [-0.1, -0.05) is 0 Å². The van der Waals surface area contributed by atoms with Crippen molar-refractivity contribution in [3.8, 4) is 0 Å². The van der Waals surface area contributed by atoms with Crippen LogP contribution >= 0.6 is 62.0 Å². The second kappa shape index (κ2) is 380. The first kappa shape index (κ1) is 491. The van der Waals surface area contributed by atoms with Crippen LogP contribution in [0.3, 0.4) is 0 Å². The molecule has 0 aliphatic heterocycles. The Morgan fingerprint density at radius 1 is 0.273 bits per heavy atom. The van der Waals surface area contributed by atoms with Crippen molar-refractivity contribution < 1.29 is 48.4 Å². The van der Waals surface area contributed by atoms with Gasteiger partial charge in [0.05, 0.1) is 0 Å². The third-order valence-corrected chi connectivity index (χ3v) is 0. The van der Waals surface area contributed by atoms with Crippen LogP contribution in [-0.4, -0.2) is 27.4 Å². The number of halogens is 5. The van der Waals surface area contributed by atoms with Gasteiger partial charge < -0.3 is 27.4 Å². The Morgan fingerprint density at radius 2 is 0.273 bits per heavy atom. The van der Waals surface area contributed by atoms with Gasteiger partial charge in [0.1, 0.15) is 0 Å². The molecule has 0 saturated carbocycles. The van der Waals surface area contributed by atoms with E-state index in [0.717, 1.165) is 0 Å². The van der Waals surface area contributed by atoms with Gasteiger partial charge in [0.2, 0.25) is 0 Å². The first-order valence-electron chi connectivity index (χ1n) is 0. The molecule has 5 nitrogen and oxygen atoms in total. The number of hydrogen-bond acceptors (Lipinski definition) is 0. The maximum Gasteiger partial charge on any atom is 0 e. The standard InChI is InChI=1S/5ClH.Mo.5H2O/h5*1H;;5*1H2. The molecule has 86 valence electrons. The van der Waals surface area contributed by atoms with Gasteiger partial charge in [-0.05, 0) is 0 Å². The molecule has 0 spiro atoms. The Hall–Kier alpha value is 1.94. The van der Waals surface area contributed by atoms with Crippen LogP contribution < -0.4 is 0 Å². The maximum atomic E-state index is 0. The van der Waals surface area contributed by atoms with Crippen LogP contribution in [0.15, 0.2) is 0 Å². The van der Waals surface area contributed by atoms with E-state index in [9.17, 15) is 0 Å². The average Bonchev–Trinajstić information content (AvgIpc) is 0. The molecule has 0 aromatic rings. The third-order valence-electron chi connectivity index (χ3n) is 0. The summed E-state index contributed by atoms with van der Waals surface area (Å²) in [6.45, 7) is 0. The van der Waals surface area contributed by atoms with Crippen LogP contribution in [0, 0.1) is 0 Å². The molecule has 0 heterocycles. The molecule has 0 aliphatic carbocycles. The number of hydrogen-bond donors (Lipinski definition) is 0. The summed E-state index contributed by atoms with van der Waals surface area (Å²) < 4.78 is 0. The van der Waals surface area contributed by atoms with Gasteiger partial charge in [-0.15, -0.1) is 62.0 Å². The van der Waals surface area contributed by atoms with Crippen molar-refractivity contribution in [3.05, 3.63) is 0 Å².